The molecule has 15 heterocycles. The Labute approximate surface area is 710 Å². The minimum Gasteiger partial charge on any atom is -0.354 e. The average Bonchev–Trinajstić information content (AvgIpc) is 1.15. The third kappa shape index (κ3) is 19.2. The fourth-order valence-electron chi connectivity index (χ4n) is 13.7. The molecule has 5 amide bonds. The van der Waals surface area contributed by atoms with Crippen molar-refractivity contribution >= 4 is 114 Å². The first-order valence-electron chi connectivity index (χ1n) is 50.7. The lowest BCUT2D eigenvalue weighted by Gasteiger charge is -2.41. The molecule has 10 atom stereocenters. The third-order valence-electron chi connectivity index (χ3n) is 20.1. The number of carbonyl (C=O) groups is 5. The van der Waals surface area contributed by atoms with Crippen molar-refractivity contribution in [2.45, 2.75) is 96.7 Å². The van der Waals surface area contributed by atoms with Gasteiger partial charge in [-0.1, -0.05) is 34.5 Å². The second-order valence-corrected chi connectivity index (χ2v) is 26.8. The SMILES string of the molecule is [2H]c1nc(N(C)[C@@]2([2H])CN(C(=O)C([2H])([2H])[N+]#[C-])CC[C@@]2([2H])C([2H])([2H])[2H])c2cc[nH]c2n1.[2H]c1nc(N(C)[C@@]2([2H])CN(C(=O)C([2H])([2H])[N+]#[C-])CC[C@@]2([2H])C)c2cc[nH]c2n1.[2H]c1nc(N(C)[C@@]2([2H])CN(C(=O)C([2H])([2H])[N+]#[C-])CC[C@H]2C([2H])([2H])[2H])c2cc[nH]c2n1.[2H]c1nc(N(C)[C@@]2([2H])CN(C(=O)C([2H])([2H])[N+]#[C-])CC[C@H]2C)c2cc[nH]c2n1.[2H]c1nc(N([C@H]2CN(C(=O)C([2H])([2H])[N+]#[C-])CC[C@H]2C)C([2H])([2H])[2H])c2cc[nH]c2n1. The van der Waals surface area contributed by atoms with Crippen LogP contribution in [0, 0.1) is 62.4 Å². The number of rotatable bonds is 15. The summed E-state index contributed by atoms with van der Waals surface area (Å²) in [7, 11) is 6.03. The highest BCUT2D eigenvalue weighted by Crippen LogP contribution is 2.35. The highest BCUT2D eigenvalue weighted by atomic mass is 16.2. The van der Waals surface area contributed by atoms with E-state index in [9.17, 15) is 24.0 Å². The Bertz CT molecular complexity index is 6780. The zero-order valence-corrected chi connectivity index (χ0v) is 63.4. The van der Waals surface area contributed by atoms with E-state index in [0.29, 0.717) is 68.2 Å². The molecule has 0 radical (unpaired) electrons. The number of amides is 5. The summed E-state index contributed by atoms with van der Waals surface area (Å²) in [6.45, 7) is 16.8. The van der Waals surface area contributed by atoms with E-state index in [-0.39, 0.29) is 131 Å². The molecule has 0 saturated carbocycles. The Balaban J connectivity index is 0.000000173. The van der Waals surface area contributed by atoms with E-state index in [1.165, 1.54) is 39.9 Å². The summed E-state index contributed by atoms with van der Waals surface area (Å²) in [5.74, 6) is -9.52. The first-order chi connectivity index (χ1) is 67.0. The molecule has 10 aromatic heterocycles. The lowest BCUT2D eigenvalue weighted by Crippen LogP contribution is -2.53. The summed E-state index contributed by atoms with van der Waals surface area (Å²) in [4.78, 5) is 143. The molecule has 0 aliphatic carbocycles. The van der Waals surface area contributed by atoms with Crippen LogP contribution in [0.5, 0.6) is 0 Å². The van der Waals surface area contributed by atoms with Crippen molar-refractivity contribution in [1.29, 1.82) is 0 Å². The van der Waals surface area contributed by atoms with Gasteiger partial charge in [0.05, 0.1) is 62.5 Å². The third-order valence-corrected chi connectivity index (χ3v) is 20.1. The molecule has 5 fully saturated rings. The minimum atomic E-state index is -2.93. The lowest BCUT2D eigenvalue weighted by atomic mass is 9.92. The zero-order valence-electron chi connectivity index (χ0n) is 93.4. The number of hydrogen-bond acceptors (Lipinski definition) is 20. The van der Waals surface area contributed by atoms with Crippen LogP contribution >= 0.6 is 0 Å². The van der Waals surface area contributed by atoms with Gasteiger partial charge in [0.1, 0.15) is 109 Å². The largest absolute Gasteiger partial charge is 0.354 e. The number of nitrogens with one attached hydrogen (secondary N) is 5. The number of likely N-dealkylation sites (tertiary alicyclic amines) is 5. The predicted molar refractivity (Wildman–Crippen MR) is 440 cm³/mol. The number of fused-ring (bicyclic) bond motifs is 5. The molecule has 5 N–H and O–H groups in total. The predicted octanol–water partition coefficient (Wildman–Crippen LogP) is 7.75. The quantitative estimate of drug-likeness (QED) is 0.0612. The molecule has 0 bridgehead atoms. The number of aromatic nitrogens is 15. The van der Waals surface area contributed by atoms with Gasteiger partial charge in [-0.25, -0.2) is 82.7 Å². The second kappa shape index (κ2) is 38.4. The molecule has 35 heteroatoms. The van der Waals surface area contributed by atoms with E-state index in [0.717, 1.165) is 24.5 Å². The van der Waals surface area contributed by atoms with Gasteiger partial charge in [-0.3, -0.25) is 24.0 Å². The Kier molecular flexibility index (Phi) is 17.2. The van der Waals surface area contributed by atoms with Crippen LogP contribution in [0.2, 0.25) is 0 Å². The summed E-state index contributed by atoms with van der Waals surface area (Å²) >= 11 is 0. The fourth-order valence-corrected chi connectivity index (χ4v) is 13.7. The van der Waals surface area contributed by atoms with Gasteiger partial charge in [0.25, 0.3) is 32.5 Å². The summed E-state index contributed by atoms with van der Waals surface area (Å²) in [6.07, 6.45) is 7.01. The Morgan fingerprint density at radius 3 is 0.983 bits per heavy atom. The molecule has 0 unspecified atom stereocenters. The molecule has 5 saturated heterocycles. The van der Waals surface area contributed by atoms with Gasteiger partial charge in [-0.15, -0.1) is 0 Å². The molecule has 10 aromatic rings. The molecule has 5 aliphatic rings. The van der Waals surface area contributed by atoms with E-state index in [4.69, 9.17) is 74.0 Å². The normalized spacial score (nSPS) is 29.8. The number of H-pyrrole nitrogens is 5. The highest BCUT2D eigenvalue weighted by Gasteiger charge is 2.39. The van der Waals surface area contributed by atoms with Crippen LogP contribution in [0.4, 0.5) is 29.1 Å². The van der Waals surface area contributed by atoms with Crippen LogP contribution in [0.25, 0.3) is 79.4 Å². The van der Waals surface area contributed by atoms with Crippen LogP contribution in [0.3, 0.4) is 0 Å². The molecule has 35 nitrogen and oxygen atoms in total. The van der Waals surface area contributed by atoms with Crippen LogP contribution in [0.15, 0.2) is 92.8 Å². The number of aromatic amines is 5. The standard InChI is InChI=1S/5C16H20N6O/c5*1-11-5-7-22(14(23)8-17-2)9-13(11)21(3)16-12-4-6-18-15(12)19-10-20-16/h5*4,6,10-11,13H,5,7-9H2,1,3H3,(H,18,19,20)/t5*11-,13+/m11111/s1/i1D3,8D2,10D,11D,13D;8D2,10D,11D,13D;1D3,8D2,10D,13D;8D2,10D,13D;3D3,8D2,10D. The highest BCUT2D eigenvalue weighted by molar-refractivity contribution is 5.91. The van der Waals surface area contributed by atoms with Crippen molar-refractivity contribution in [3.05, 3.63) is 150 Å². The topological polar surface area (TPSA) is 347 Å². The molecule has 15 rings (SSSR count). The number of likely N-dealkylation sites (N-methyl/N-ethyl adjacent to an activating group) is 5. The van der Waals surface area contributed by atoms with Crippen LogP contribution in [-0.4, -0.2) is 292 Å². The van der Waals surface area contributed by atoms with Crippen LogP contribution < -0.4 is 24.5 Å². The Morgan fingerprint density at radius 2 is 0.661 bits per heavy atom. The molecular formula is C80H100N30O5. The smallest absolute Gasteiger partial charge is 0.302 e. The van der Waals surface area contributed by atoms with Crippen molar-refractivity contribution in [3.63, 3.8) is 0 Å². The van der Waals surface area contributed by atoms with Gasteiger partial charge in [-0.05, 0) is 92.0 Å². The molecule has 600 valence electrons. The van der Waals surface area contributed by atoms with Crippen LogP contribution in [0.1, 0.15) is 108 Å². The Hall–Kier alpha value is -13.1. The maximum absolute atomic E-state index is 12.6. The van der Waals surface area contributed by atoms with Gasteiger partial charge in [0.15, 0.2) is 0 Å². The number of carbonyl (C=O) groups excluding carboxylic acids is 5. The van der Waals surface area contributed by atoms with Crippen molar-refractivity contribution in [2.75, 3.05) is 158 Å². The van der Waals surface area contributed by atoms with Gasteiger partial charge in [0.2, 0.25) is 0 Å². The van der Waals surface area contributed by atoms with Crippen molar-refractivity contribution in [3.8, 4) is 0 Å². The second-order valence-electron chi connectivity index (χ2n) is 26.8. The molecule has 5 aliphatic heterocycles. The molecule has 115 heavy (non-hydrogen) atoms. The van der Waals surface area contributed by atoms with E-state index < -0.39 is 156 Å². The maximum atomic E-state index is 12.6. The summed E-state index contributed by atoms with van der Waals surface area (Å²) in [6, 6.07) is 0.377. The number of nitrogens with zero attached hydrogens (tertiary/aromatic N) is 25. The van der Waals surface area contributed by atoms with Crippen LogP contribution in [-0.2, 0) is 24.0 Å². The number of hydrogen-bond donors (Lipinski definition) is 5. The minimum absolute atomic E-state index is 0.0228. The first kappa shape index (κ1) is 51.5. The summed E-state index contributed by atoms with van der Waals surface area (Å²) in [5.41, 5.74) is 1.86. The number of anilines is 5. The van der Waals surface area contributed by atoms with Crippen molar-refractivity contribution < 1.29 is 65.1 Å². The molecule has 0 spiro atoms. The number of piperidine rings is 5. The van der Waals surface area contributed by atoms with Gasteiger partial charge < -0.3 is 98.1 Å². The molecular weight excluding hydrogens is 1460 g/mol. The summed E-state index contributed by atoms with van der Waals surface area (Å²) in [5, 5.41) is 2.53. The average molecular weight is 1590 g/mol. The van der Waals surface area contributed by atoms with Gasteiger partial charge in [0, 0.05) is 147 Å². The van der Waals surface area contributed by atoms with E-state index in [2.05, 4.69) is 99.0 Å². The maximum Gasteiger partial charge on any atom is 0.302 e. The zero-order chi connectivity index (χ0) is 108. The lowest BCUT2D eigenvalue weighted by molar-refractivity contribution is -0.131. The Morgan fingerprint density at radius 1 is 0.391 bits per heavy atom. The van der Waals surface area contributed by atoms with Crippen molar-refractivity contribution in [1.82, 2.24) is 99.3 Å². The van der Waals surface area contributed by atoms with E-state index in [1.807, 2.05) is 13.8 Å². The van der Waals surface area contributed by atoms with E-state index in [1.54, 1.807) is 81.0 Å². The van der Waals surface area contributed by atoms with Gasteiger partial charge >= 0.3 is 29.5 Å². The fraction of sp³-hybridized carbons (Fsp3) is 0.500. The summed E-state index contributed by atoms with van der Waals surface area (Å²) < 4.78 is 241. The van der Waals surface area contributed by atoms with Crippen molar-refractivity contribution in [2.24, 2.45) is 29.5 Å². The van der Waals surface area contributed by atoms with Gasteiger partial charge in [-0.2, -0.15) is 0 Å². The molecule has 0 aromatic carbocycles. The van der Waals surface area contributed by atoms with E-state index >= 15 is 0 Å². The monoisotopic (exact) mass is 1590 g/mol. The first-order valence-corrected chi connectivity index (χ1v) is 35.7.